The standard InChI is InChI=1S/C21H26N2O6S/c1-13(2)29-19(24)12-23-20(25)18(30-21(23)26)10-14-9-17(28-4)15(11-16(14)27-3)22-7-5-6-8-22/h9-11,13H,5-8,12H2,1-4H3/b18-10-. The summed E-state index contributed by atoms with van der Waals surface area (Å²) in [6.07, 6.45) is 3.52. The summed E-state index contributed by atoms with van der Waals surface area (Å²) in [6.45, 7) is 4.90. The van der Waals surface area contributed by atoms with Gasteiger partial charge >= 0.3 is 5.97 Å². The zero-order valence-electron chi connectivity index (χ0n) is 17.6. The van der Waals surface area contributed by atoms with E-state index in [1.54, 1.807) is 40.2 Å². The first-order valence-electron chi connectivity index (χ1n) is 9.80. The highest BCUT2D eigenvalue weighted by molar-refractivity contribution is 8.18. The quantitative estimate of drug-likeness (QED) is 0.477. The van der Waals surface area contributed by atoms with Crippen molar-refractivity contribution in [2.45, 2.75) is 32.8 Å². The van der Waals surface area contributed by atoms with E-state index in [1.165, 1.54) is 0 Å². The Hall–Kier alpha value is -2.68. The Kier molecular flexibility index (Phi) is 6.91. The maximum atomic E-state index is 12.7. The van der Waals surface area contributed by atoms with Crippen LogP contribution in [0.5, 0.6) is 11.5 Å². The van der Waals surface area contributed by atoms with Gasteiger partial charge in [-0.05, 0) is 50.6 Å². The Balaban J connectivity index is 1.87. The zero-order chi connectivity index (χ0) is 21.8. The van der Waals surface area contributed by atoms with Crippen molar-refractivity contribution >= 4 is 40.6 Å². The monoisotopic (exact) mass is 434 g/mol. The number of esters is 1. The number of ether oxygens (including phenoxy) is 3. The molecule has 1 aromatic rings. The summed E-state index contributed by atoms with van der Waals surface area (Å²) in [4.78, 5) is 40.2. The minimum absolute atomic E-state index is 0.214. The molecule has 0 aromatic heterocycles. The first-order valence-corrected chi connectivity index (χ1v) is 10.6. The molecule has 2 saturated heterocycles. The van der Waals surface area contributed by atoms with Crippen molar-refractivity contribution in [3.8, 4) is 11.5 Å². The van der Waals surface area contributed by atoms with Crippen LogP contribution in [0.4, 0.5) is 10.5 Å². The minimum Gasteiger partial charge on any atom is -0.496 e. The van der Waals surface area contributed by atoms with Gasteiger partial charge in [0.15, 0.2) is 0 Å². The second-order valence-corrected chi connectivity index (χ2v) is 8.26. The third-order valence-electron chi connectivity index (χ3n) is 4.79. The second-order valence-electron chi connectivity index (χ2n) is 7.27. The third kappa shape index (κ3) is 4.72. The van der Waals surface area contributed by atoms with Crippen molar-refractivity contribution in [2.75, 3.05) is 38.8 Å². The molecule has 0 atom stereocenters. The fraction of sp³-hybridized carbons (Fsp3) is 0.476. The number of rotatable bonds is 7. The number of imide groups is 1. The Morgan fingerprint density at radius 2 is 1.80 bits per heavy atom. The van der Waals surface area contributed by atoms with E-state index >= 15 is 0 Å². The molecule has 2 heterocycles. The fourth-order valence-corrected chi connectivity index (χ4v) is 4.26. The SMILES string of the molecule is COc1cc(N2CCCC2)c(OC)cc1/C=C1\SC(=O)N(CC(=O)OC(C)C)C1=O. The third-order valence-corrected chi connectivity index (χ3v) is 5.70. The van der Waals surface area contributed by atoms with Crippen LogP contribution in [0.3, 0.4) is 0 Å². The molecule has 162 valence electrons. The molecule has 3 rings (SSSR count). The lowest BCUT2D eigenvalue weighted by molar-refractivity contribution is -0.149. The van der Waals surface area contributed by atoms with Crippen molar-refractivity contribution < 1.29 is 28.6 Å². The molecule has 2 aliphatic rings. The number of methoxy groups -OCH3 is 2. The summed E-state index contributed by atoms with van der Waals surface area (Å²) in [5.74, 6) is 0.0884. The number of anilines is 1. The fourth-order valence-electron chi connectivity index (χ4n) is 3.43. The molecular weight excluding hydrogens is 408 g/mol. The summed E-state index contributed by atoms with van der Waals surface area (Å²) < 4.78 is 16.1. The number of benzene rings is 1. The van der Waals surface area contributed by atoms with Gasteiger partial charge in [0, 0.05) is 24.7 Å². The molecule has 2 aliphatic heterocycles. The second kappa shape index (κ2) is 9.42. The van der Waals surface area contributed by atoms with Crippen molar-refractivity contribution in [1.29, 1.82) is 0 Å². The van der Waals surface area contributed by atoms with Crippen molar-refractivity contribution in [3.63, 3.8) is 0 Å². The summed E-state index contributed by atoms with van der Waals surface area (Å²) >= 11 is 0.784. The summed E-state index contributed by atoms with van der Waals surface area (Å²) in [7, 11) is 3.15. The van der Waals surface area contributed by atoms with Gasteiger partial charge in [-0.25, -0.2) is 0 Å². The van der Waals surface area contributed by atoms with E-state index in [2.05, 4.69) is 4.90 Å². The van der Waals surface area contributed by atoms with Crippen molar-refractivity contribution in [2.24, 2.45) is 0 Å². The number of hydrogen-bond donors (Lipinski definition) is 0. The van der Waals surface area contributed by atoms with Crippen LogP contribution in [0.2, 0.25) is 0 Å². The van der Waals surface area contributed by atoms with Gasteiger partial charge < -0.3 is 19.1 Å². The van der Waals surface area contributed by atoms with E-state index in [4.69, 9.17) is 14.2 Å². The van der Waals surface area contributed by atoms with Crippen LogP contribution >= 0.6 is 11.8 Å². The number of carbonyl (C=O) groups is 3. The van der Waals surface area contributed by atoms with Crippen LogP contribution in [0.15, 0.2) is 17.0 Å². The van der Waals surface area contributed by atoms with Gasteiger partial charge in [0.05, 0.1) is 30.9 Å². The van der Waals surface area contributed by atoms with E-state index < -0.39 is 23.7 Å². The molecule has 0 bridgehead atoms. The first kappa shape index (κ1) is 22.0. The minimum atomic E-state index is -0.622. The number of amides is 2. The highest BCUT2D eigenvalue weighted by Gasteiger charge is 2.37. The molecule has 0 radical (unpaired) electrons. The molecule has 0 saturated carbocycles. The zero-order valence-corrected chi connectivity index (χ0v) is 18.4. The van der Waals surface area contributed by atoms with Gasteiger partial charge in [-0.15, -0.1) is 0 Å². The predicted octanol–water partition coefficient (Wildman–Crippen LogP) is 3.29. The summed E-state index contributed by atoms with van der Waals surface area (Å²) in [6, 6.07) is 3.69. The topological polar surface area (TPSA) is 85.4 Å². The van der Waals surface area contributed by atoms with Gasteiger partial charge in [-0.2, -0.15) is 0 Å². The summed E-state index contributed by atoms with van der Waals surface area (Å²) in [5.41, 5.74) is 1.56. The predicted molar refractivity (Wildman–Crippen MR) is 115 cm³/mol. The van der Waals surface area contributed by atoms with Crippen LogP contribution in [-0.4, -0.2) is 62.0 Å². The first-order chi connectivity index (χ1) is 14.3. The lowest BCUT2D eigenvalue weighted by Gasteiger charge is -2.22. The lowest BCUT2D eigenvalue weighted by atomic mass is 10.1. The van der Waals surface area contributed by atoms with Gasteiger partial charge in [0.1, 0.15) is 18.0 Å². The average Bonchev–Trinajstić information content (AvgIpc) is 3.32. The highest BCUT2D eigenvalue weighted by Crippen LogP contribution is 2.40. The Morgan fingerprint density at radius 3 is 2.40 bits per heavy atom. The number of carbonyl (C=O) groups excluding carboxylic acids is 3. The smallest absolute Gasteiger partial charge is 0.326 e. The van der Waals surface area contributed by atoms with Crippen LogP contribution in [0.1, 0.15) is 32.3 Å². The number of nitrogens with zero attached hydrogens (tertiary/aromatic N) is 2. The molecule has 0 N–H and O–H groups in total. The molecular formula is C21H26N2O6S. The molecule has 0 aliphatic carbocycles. The highest BCUT2D eigenvalue weighted by atomic mass is 32.2. The molecule has 30 heavy (non-hydrogen) atoms. The van der Waals surface area contributed by atoms with Crippen LogP contribution in [0.25, 0.3) is 6.08 Å². The van der Waals surface area contributed by atoms with Crippen LogP contribution < -0.4 is 14.4 Å². The van der Waals surface area contributed by atoms with E-state index in [-0.39, 0.29) is 11.0 Å². The van der Waals surface area contributed by atoms with E-state index in [0.29, 0.717) is 17.1 Å². The van der Waals surface area contributed by atoms with Crippen LogP contribution in [0, 0.1) is 0 Å². The average molecular weight is 435 g/mol. The van der Waals surface area contributed by atoms with Gasteiger partial charge in [0.25, 0.3) is 11.1 Å². The number of thioether (sulfide) groups is 1. The van der Waals surface area contributed by atoms with Gasteiger partial charge in [-0.1, -0.05) is 0 Å². The van der Waals surface area contributed by atoms with Crippen molar-refractivity contribution in [3.05, 3.63) is 22.6 Å². The Morgan fingerprint density at radius 1 is 1.13 bits per heavy atom. The van der Waals surface area contributed by atoms with Crippen molar-refractivity contribution in [1.82, 2.24) is 4.90 Å². The van der Waals surface area contributed by atoms with Gasteiger partial charge in [0.2, 0.25) is 0 Å². The molecule has 9 heteroatoms. The number of hydrogen-bond acceptors (Lipinski definition) is 8. The molecule has 0 spiro atoms. The van der Waals surface area contributed by atoms with Gasteiger partial charge in [-0.3, -0.25) is 19.3 Å². The van der Waals surface area contributed by atoms with E-state index in [0.717, 1.165) is 48.3 Å². The molecule has 2 fully saturated rings. The largest absolute Gasteiger partial charge is 0.496 e. The molecule has 0 unspecified atom stereocenters. The normalized spacial score (nSPS) is 18.0. The summed E-state index contributed by atoms with van der Waals surface area (Å²) in [5, 5.41) is -0.508. The molecule has 8 nitrogen and oxygen atoms in total. The maximum Gasteiger partial charge on any atom is 0.326 e. The Labute approximate surface area is 180 Å². The maximum absolute atomic E-state index is 12.7. The molecule has 1 aromatic carbocycles. The van der Waals surface area contributed by atoms with Crippen LogP contribution in [-0.2, 0) is 14.3 Å². The molecule has 2 amide bonds. The van der Waals surface area contributed by atoms with E-state index in [1.807, 2.05) is 6.07 Å². The Bertz CT molecular complexity index is 876. The lowest BCUT2D eigenvalue weighted by Crippen LogP contribution is -2.35. The van der Waals surface area contributed by atoms with E-state index in [9.17, 15) is 14.4 Å².